The molecule has 3 rings (SSSR count). The van der Waals surface area contributed by atoms with Crippen LogP contribution in [0.2, 0.25) is 0 Å². The van der Waals surface area contributed by atoms with E-state index in [2.05, 4.69) is 25.2 Å². The van der Waals surface area contributed by atoms with Crippen molar-refractivity contribution in [3.8, 4) is 0 Å². The minimum Gasteiger partial charge on any atom is -0.348 e. The number of aryl methyl sites for hydroxylation is 1. The van der Waals surface area contributed by atoms with E-state index in [0.29, 0.717) is 18.4 Å². The van der Waals surface area contributed by atoms with Gasteiger partial charge in [-0.2, -0.15) is 0 Å². The third kappa shape index (κ3) is 4.76. The van der Waals surface area contributed by atoms with Gasteiger partial charge < -0.3 is 10.2 Å². The molecule has 138 valence electrons. The number of likely N-dealkylation sites (tertiary alicyclic amines) is 1. The zero-order chi connectivity index (χ0) is 18.5. The Morgan fingerprint density at radius 2 is 2.15 bits per heavy atom. The molecule has 2 aromatic heterocycles. The smallest absolute Gasteiger partial charge is 0.236 e. The summed E-state index contributed by atoms with van der Waals surface area (Å²) in [6.45, 7) is 4.27. The van der Waals surface area contributed by atoms with Crippen LogP contribution in [0.1, 0.15) is 30.0 Å². The molecule has 1 saturated heterocycles. The molecule has 1 aliphatic heterocycles. The molecule has 0 saturated carbocycles. The van der Waals surface area contributed by atoms with Crippen molar-refractivity contribution >= 4 is 17.7 Å². The Morgan fingerprint density at radius 1 is 1.31 bits per heavy atom. The van der Waals surface area contributed by atoms with Gasteiger partial charge in [0.05, 0.1) is 12.2 Å². The van der Waals surface area contributed by atoms with Crippen LogP contribution in [0.5, 0.6) is 0 Å². The number of aromatic nitrogens is 3. The zero-order valence-electron chi connectivity index (χ0n) is 15.6. The largest absolute Gasteiger partial charge is 0.348 e. The van der Waals surface area contributed by atoms with Gasteiger partial charge in [0.15, 0.2) is 0 Å². The first-order valence-electron chi connectivity index (χ1n) is 8.96. The van der Waals surface area contributed by atoms with E-state index in [1.807, 2.05) is 31.3 Å². The highest BCUT2D eigenvalue weighted by atomic mass is 16.2. The topological polar surface area (TPSA) is 74.2 Å². The molecule has 1 fully saturated rings. The number of likely N-dealkylation sites (N-methyl/N-ethyl adjacent to an activating group) is 1. The maximum absolute atomic E-state index is 12.0. The maximum Gasteiger partial charge on any atom is 0.236 e. The van der Waals surface area contributed by atoms with Crippen LogP contribution in [0.15, 0.2) is 30.6 Å². The van der Waals surface area contributed by atoms with Crippen LogP contribution in [0.25, 0.3) is 0 Å². The minimum atomic E-state index is 0.140. The van der Waals surface area contributed by atoms with Crippen molar-refractivity contribution in [3.63, 3.8) is 0 Å². The molecule has 0 spiro atoms. The van der Waals surface area contributed by atoms with Crippen LogP contribution in [-0.2, 0) is 4.79 Å². The van der Waals surface area contributed by atoms with E-state index in [4.69, 9.17) is 0 Å². The normalized spacial score (nSPS) is 17.7. The van der Waals surface area contributed by atoms with E-state index in [1.165, 1.54) is 0 Å². The number of hydrogen-bond donors (Lipinski definition) is 1. The minimum absolute atomic E-state index is 0.140. The lowest BCUT2D eigenvalue weighted by molar-refractivity contribution is -0.130. The fourth-order valence-corrected chi connectivity index (χ4v) is 3.09. The molecule has 1 aliphatic rings. The van der Waals surface area contributed by atoms with Crippen molar-refractivity contribution in [2.45, 2.75) is 25.7 Å². The monoisotopic (exact) mass is 354 g/mol. The standard InChI is InChI=1S/C19H26N6O/c1-14-6-7-17(21-11-14)23-19-20-9-8-16(22-19)15-5-4-10-25(12-15)13-18(26)24(2)3/h6-9,11,15H,4-5,10,12-13H2,1-3H3,(H,20,21,22,23). The van der Waals surface area contributed by atoms with E-state index in [-0.39, 0.29) is 5.91 Å². The van der Waals surface area contributed by atoms with Crippen LogP contribution in [0.4, 0.5) is 11.8 Å². The molecule has 3 heterocycles. The Morgan fingerprint density at radius 3 is 2.88 bits per heavy atom. The molecule has 7 heteroatoms. The Hall–Kier alpha value is -2.54. The number of piperidine rings is 1. The molecule has 26 heavy (non-hydrogen) atoms. The van der Waals surface area contributed by atoms with Gasteiger partial charge in [0.2, 0.25) is 11.9 Å². The Bertz CT molecular complexity index is 746. The third-order valence-corrected chi connectivity index (χ3v) is 4.61. The lowest BCUT2D eigenvalue weighted by atomic mass is 9.94. The van der Waals surface area contributed by atoms with Crippen LogP contribution >= 0.6 is 0 Å². The molecular formula is C19H26N6O. The summed E-state index contributed by atoms with van der Waals surface area (Å²) < 4.78 is 0. The summed E-state index contributed by atoms with van der Waals surface area (Å²) in [4.78, 5) is 29.2. The molecule has 2 aromatic rings. The number of carbonyl (C=O) groups is 1. The van der Waals surface area contributed by atoms with E-state index in [9.17, 15) is 4.79 Å². The van der Waals surface area contributed by atoms with Gasteiger partial charge in [-0.25, -0.2) is 15.0 Å². The maximum atomic E-state index is 12.0. The number of anilines is 2. The molecule has 7 nitrogen and oxygen atoms in total. The average molecular weight is 354 g/mol. The van der Waals surface area contributed by atoms with Crippen molar-refractivity contribution < 1.29 is 4.79 Å². The molecular weight excluding hydrogens is 328 g/mol. The van der Waals surface area contributed by atoms with Crippen LogP contribution < -0.4 is 5.32 Å². The van der Waals surface area contributed by atoms with Crippen molar-refractivity contribution in [2.75, 3.05) is 39.0 Å². The van der Waals surface area contributed by atoms with Crippen LogP contribution in [0.3, 0.4) is 0 Å². The number of nitrogens with zero attached hydrogens (tertiary/aromatic N) is 5. The quantitative estimate of drug-likeness (QED) is 0.887. The number of pyridine rings is 1. The summed E-state index contributed by atoms with van der Waals surface area (Å²) in [5.74, 6) is 1.74. The summed E-state index contributed by atoms with van der Waals surface area (Å²) in [5.41, 5.74) is 2.12. The summed E-state index contributed by atoms with van der Waals surface area (Å²) in [5, 5.41) is 3.16. The second-order valence-electron chi connectivity index (χ2n) is 7.01. The van der Waals surface area contributed by atoms with Gasteiger partial charge in [0, 0.05) is 39.0 Å². The van der Waals surface area contributed by atoms with Crippen molar-refractivity contribution in [1.82, 2.24) is 24.8 Å². The Labute approximate surface area is 154 Å². The highest BCUT2D eigenvalue weighted by Crippen LogP contribution is 2.26. The zero-order valence-corrected chi connectivity index (χ0v) is 15.6. The highest BCUT2D eigenvalue weighted by Gasteiger charge is 2.24. The first-order valence-corrected chi connectivity index (χ1v) is 8.96. The van der Waals surface area contributed by atoms with E-state index in [1.54, 1.807) is 25.2 Å². The molecule has 0 radical (unpaired) electrons. The number of amides is 1. The SMILES string of the molecule is Cc1ccc(Nc2nccc(C3CCCN(CC(=O)N(C)C)C3)n2)nc1. The van der Waals surface area contributed by atoms with Crippen molar-refractivity contribution in [1.29, 1.82) is 0 Å². The van der Waals surface area contributed by atoms with E-state index < -0.39 is 0 Å². The van der Waals surface area contributed by atoms with E-state index >= 15 is 0 Å². The van der Waals surface area contributed by atoms with Crippen LogP contribution in [0, 0.1) is 6.92 Å². The van der Waals surface area contributed by atoms with Gasteiger partial charge in [0.1, 0.15) is 5.82 Å². The Kier molecular flexibility index (Phi) is 5.78. The Balaban J connectivity index is 1.67. The van der Waals surface area contributed by atoms with Crippen LogP contribution in [-0.4, -0.2) is 64.4 Å². The van der Waals surface area contributed by atoms with Gasteiger partial charge in [-0.1, -0.05) is 6.07 Å². The molecule has 1 unspecified atom stereocenters. The molecule has 1 atom stereocenters. The van der Waals surface area contributed by atoms with Gasteiger partial charge >= 0.3 is 0 Å². The highest BCUT2D eigenvalue weighted by molar-refractivity contribution is 5.77. The second kappa shape index (κ2) is 8.23. The number of carbonyl (C=O) groups excluding carboxylic acids is 1. The summed E-state index contributed by atoms with van der Waals surface area (Å²) in [6, 6.07) is 5.89. The number of rotatable bonds is 5. The molecule has 0 bridgehead atoms. The predicted octanol–water partition coefficient (Wildman–Crippen LogP) is 2.19. The first kappa shape index (κ1) is 18.3. The third-order valence-electron chi connectivity index (χ3n) is 4.61. The number of hydrogen-bond acceptors (Lipinski definition) is 6. The molecule has 1 amide bonds. The van der Waals surface area contributed by atoms with E-state index in [0.717, 1.165) is 43.0 Å². The van der Waals surface area contributed by atoms with Gasteiger partial charge in [-0.15, -0.1) is 0 Å². The second-order valence-corrected chi connectivity index (χ2v) is 7.01. The fraction of sp³-hybridized carbons (Fsp3) is 0.474. The van der Waals surface area contributed by atoms with Crippen molar-refractivity contribution in [2.24, 2.45) is 0 Å². The molecule has 1 N–H and O–H groups in total. The predicted molar refractivity (Wildman–Crippen MR) is 101 cm³/mol. The van der Waals surface area contributed by atoms with Gasteiger partial charge in [-0.3, -0.25) is 9.69 Å². The molecule has 0 aromatic carbocycles. The first-order chi connectivity index (χ1) is 12.5. The molecule has 0 aliphatic carbocycles. The van der Waals surface area contributed by atoms with Gasteiger partial charge in [-0.05, 0) is 44.0 Å². The lowest BCUT2D eigenvalue weighted by Crippen LogP contribution is -2.41. The summed E-state index contributed by atoms with van der Waals surface area (Å²) in [7, 11) is 3.59. The summed E-state index contributed by atoms with van der Waals surface area (Å²) in [6.07, 6.45) is 5.74. The van der Waals surface area contributed by atoms with Crippen molar-refractivity contribution in [3.05, 3.63) is 41.9 Å². The fourth-order valence-electron chi connectivity index (χ4n) is 3.09. The average Bonchev–Trinajstić information content (AvgIpc) is 2.64. The number of nitrogens with one attached hydrogen (secondary N) is 1. The lowest BCUT2D eigenvalue weighted by Gasteiger charge is -2.32. The van der Waals surface area contributed by atoms with Gasteiger partial charge in [0.25, 0.3) is 0 Å². The summed E-state index contributed by atoms with van der Waals surface area (Å²) >= 11 is 0.